The summed E-state index contributed by atoms with van der Waals surface area (Å²) >= 11 is 2.21. The van der Waals surface area contributed by atoms with Gasteiger partial charge in [0, 0.05) is 9.99 Å². The normalized spacial score (nSPS) is 16.2. The Labute approximate surface area is 193 Å². The van der Waals surface area contributed by atoms with Gasteiger partial charge in [0.2, 0.25) is 0 Å². The minimum Gasteiger partial charge on any atom is -0.348 e. The third-order valence-corrected chi connectivity index (χ3v) is 7.59. The molecule has 0 N–H and O–H groups in total. The Morgan fingerprint density at radius 1 is 1.03 bits per heavy atom. The van der Waals surface area contributed by atoms with Gasteiger partial charge in [-0.05, 0) is 85.7 Å². The van der Waals surface area contributed by atoms with Crippen LogP contribution < -0.4 is 4.31 Å². The Morgan fingerprint density at radius 3 is 2.30 bits per heavy atom. The van der Waals surface area contributed by atoms with Crippen LogP contribution in [-0.2, 0) is 19.5 Å². The van der Waals surface area contributed by atoms with Crippen molar-refractivity contribution in [2.75, 3.05) is 24.1 Å². The standard InChI is InChI=1S/C23H28INO4S/c1-19-7-13-22(14-8-19)30(26,27)25(21-11-9-20(24)10-12-21)16-6-4-3-5-15-23(2)28-17-18-29-23/h4,6-14H,3,5,15-18H2,1-2H3/b6-4+. The second-order valence-electron chi connectivity index (χ2n) is 7.52. The zero-order chi connectivity index (χ0) is 21.6. The molecule has 2 aromatic carbocycles. The second kappa shape index (κ2) is 10.3. The lowest BCUT2D eigenvalue weighted by Crippen LogP contribution is -2.31. The van der Waals surface area contributed by atoms with Crippen LogP contribution in [0.4, 0.5) is 5.69 Å². The molecule has 0 radical (unpaired) electrons. The number of unbranched alkanes of at least 4 members (excludes halogenated alkanes) is 1. The molecule has 0 amide bonds. The zero-order valence-electron chi connectivity index (χ0n) is 17.4. The van der Waals surface area contributed by atoms with Crippen LogP contribution >= 0.6 is 22.6 Å². The van der Waals surface area contributed by atoms with Gasteiger partial charge in [-0.1, -0.05) is 29.8 Å². The molecule has 0 bridgehead atoms. The third kappa shape index (κ3) is 6.06. The molecule has 0 unspecified atom stereocenters. The minimum absolute atomic E-state index is 0.279. The van der Waals surface area contributed by atoms with Crippen LogP contribution in [0.1, 0.15) is 31.7 Å². The summed E-state index contributed by atoms with van der Waals surface area (Å²) in [5, 5.41) is 0. The number of allylic oxidation sites excluding steroid dienone is 1. The maximum atomic E-state index is 13.3. The van der Waals surface area contributed by atoms with E-state index in [2.05, 4.69) is 22.6 Å². The molecule has 1 heterocycles. The molecule has 162 valence electrons. The van der Waals surface area contributed by atoms with Gasteiger partial charge in [-0.2, -0.15) is 0 Å². The number of aryl methyl sites for hydroxylation is 1. The quantitative estimate of drug-likeness (QED) is 0.246. The lowest BCUT2D eigenvalue weighted by molar-refractivity contribution is -0.147. The average molecular weight is 541 g/mol. The second-order valence-corrected chi connectivity index (χ2v) is 10.6. The largest absolute Gasteiger partial charge is 0.348 e. The Morgan fingerprint density at radius 2 is 1.67 bits per heavy atom. The Kier molecular flexibility index (Phi) is 7.95. The molecule has 0 atom stereocenters. The van der Waals surface area contributed by atoms with Crippen LogP contribution in [0.25, 0.3) is 0 Å². The first-order valence-electron chi connectivity index (χ1n) is 10.1. The van der Waals surface area contributed by atoms with E-state index in [4.69, 9.17) is 9.47 Å². The molecule has 30 heavy (non-hydrogen) atoms. The summed E-state index contributed by atoms with van der Waals surface area (Å²) in [6.07, 6.45) is 6.53. The predicted octanol–water partition coefficient (Wildman–Crippen LogP) is 5.28. The molecule has 7 heteroatoms. The number of rotatable bonds is 9. The highest BCUT2D eigenvalue weighted by Crippen LogP contribution is 2.26. The number of hydrogen-bond acceptors (Lipinski definition) is 4. The zero-order valence-corrected chi connectivity index (χ0v) is 20.4. The first kappa shape index (κ1) is 23.2. The first-order valence-corrected chi connectivity index (χ1v) is 12.6. The maximum absolute atomic E-state index is 13.3. The van der Waals surface area contributed by atoms with Gasteiger partial charge in [-0.25, -0.2) is 8.42 Å². The fraction of sp³-hybridized carbons (Fsp3) is 0.391. The molecule has 1 aliphatic rings. The maximum Gasteiger partial charge on any atom is 0.264 e. The van der Waals surface area contributed by atoms with E-state index >= 15 is 0 Å². The Hall–Kier alpha value is -1.42. The lowest BCUT2D eigenvalue weighted by atomic mass is 10.1. The van der Waals surface area contributed by atoms with Gasteiger partial charge in [-0.15, -0.1) is 0 Å². The molecule has 1 saturated heterocycles. The summed E-state index contributed by atoms with van der Waals surface area (Å²) in [6.45, 7) is 5.48. The van der Waals surface area contributed by atoms with Crippen molar-refractivity contribution in [2.24, 2.45) is 0 Å². The molecule has 5 nitrogen and oxygen atoms in total. The van der Waals surface area contributed by atoms with Gasteiger partial charge >= 0.3 is 0 Å². The highest BCUT2D eigenvalue weighted by molar-refractivity contribution is 14.1. The summed E-state index contributed by atoms with van der Waals surface area (Å²) in [6, 6.07) is 14.5. The summed E-state index contributed by atoms with van der Waals surface area (Å²) in [7, 11) is -3.66. The van der Waals surface area contributed by atoms with Crippen molar-refractivity contribution in [3.8, 4) is 0 Å². The van der Waals surface area contributed by atoms with E-state index in [1.54, 1.807) is 12.1 Å². The molecule has 2 aromatic rings. The van der Waals surface area contributed by atoms with Crippen LogP contribution in [0, 0.1) is 10.5 Å². The number of anilines is 1. The van der Waals surface area contributed by atoms with E-state index < -0.39 is 15.8 Å². The molecule has 1 aliphatic heterocycles. The fourth-order valence-electron chi connectivity index (χ4n) is 3.32. The van der Waals surface area contributed by atoms with Gasteiger partial charge in [0.05, 0.1) is 30.3 Å². The van der Waals surface area contributed by atoms with Crippen LogP contribution in [0.2, 0.25) is 0 Å². The van der Waals surface area contributed by atoms with Crippen molar-refractivity contribution in [3.63, 3.8) is 0 Å². The van der Waals surface area contributed by atoms with Crippen molar-refractivity contribution in [2.45, 2.75) is 43.8 Å². The van der Waals surface area contributed by atoms with E-state index in [9.17, 15) is 8.42 Å². The molecule has 0 spiro atoms. The van der Waals surface area contributed by atoms with E-state index in [1.165, 1.54) is 4.31 Å². The molecule has 0 aliphatic carbocycles. The molecule has 0 aromatic heterocycles. The van der Waals surface area contributed by atoms with Crippen molar-refractivity contribution >= 4 is 38.3 Å². The van der Waals surface area contributed by atoms with Crippen molar-refractivity contribution in [1.82, 2.24) is 0 Å². The van der Waals surface area contributed by atoms with Gasteiger partial charge in [0.1, 0.15) is 0 Å². The Balaban J connectivity index is 1.70. The molecule has 0 saturated carbocycles. The van der Waals surface area contributed by atoms with Crippen LogP contribution in [0.15, 0.2) is 65.6 Å². The SMILES string of the molecule is Cc1ccc(S(=O)(=O)N(C/C=C/CCCC2(C)OCCO2)c2ccc(I)cc2)cc1. The van der Waals surface area contributed by atoms with Gasteiger partial charge in [0.25, 0.3) is 10.0 Å². The Bertz CT molecular complexity index is 950. The van der Waals surface area contributed by atoms with Crippen molar-refractivity contribution in [3.05, 3.63) is 69.8 Å². The summed E-state index contributed by atoms with van der Waals surface area (Å²) in [5.74, 6) is -0.476. The number of benzene rings is 2. The minimum atomic E-state index is -3.66. The van der Waals surface area contributed by atoms with E-state index in [1.807, 2.05) is 62.4 Å². The number of hydrogen-bond donors (Lipinski definition) is 0. The molecular weight excluding hydrogens is 513 g/mol. The van der Waals surface area contributed by atoms with Crippen molar-refractivity contribution < 1.29 is 17.9 Å². The number of sulfonamides is 1. The highest BCUT2D eigenvalue weighted by Gasteiger charge is 2.29. The summed E-state index contributed by atoms with van der Waals surface area (Å²) in [5.41, 5.74) is 1.68. The van der Waals surface area contributed by atoms with Gasteiger partial charge < -0.3 is 9.47 Å². The number of ether oxygens (including phenoxy) is 2. The van der Waals surface area contributed by atoms with E-state index in [0.717, 1.165) is 28.4 Å². The molecule has 3 rings (SSSR count). The summed E-state index contributed by atoms with van der Waals surface area (Å²) < 4.78 is 40.4. The monoisotopic (exact) mass is 541 g/mol. The molecular formula is C23H28INO4S. The molecule has 1 fully saturated rings. The third-order valence-electron chi connectivity index (χ3n) is 5.06. The summed E-state index contributed by atoms with van der Waals surface area (Å²) in [4.78, 5) is 0.295. The average Bonchev–Trinajstić information content (AvgIpc) is 3.15. The smallest absolute Gasteiger partial charge is 0.264 e. The van der Waals surface area contributed by atoms with Crippen molar-refractivity contribution in [1.29, 1.82) is 0 Å². The van der Waals surface area contributed by atoms with Gasteiger partial charge in [-0.3, -0.25) is 4.31 Å². The number of nitrogens with zero attached hydrogens (tertiary/aromatic N) is 1. The first-order chi connectivity index (χ1) is 14.3. The lowest BCUT2D eigenvalue weighted by Gasteiger charge is -2.23. The predicted molar refractivity (Wildman–Crippen MR) is 128 cm³/mol. The van der Waals surface area contributed by atoms with Gasteiger partial charge in [0.15, 0.2) is 5.79 Å². The van der Waals surface area contributed by atoms with E-state index in [0.29, 0.717) is 23.8 Å². The van der Waals surface area contributed by atoms with Crippen LogP contribution in [-0.4, -0.2) is 34.0 Å². The fourth-order valence-corrected chi connectivity index (χ4v) is 5.09. The highest BCUT2D eigenvalue weighted by atomic mass is 127. The van der Waals surface area contributed by atoms with Crippen LogP contribution in [0.3, 0.4) is 0 Å². The topological polar surface area (TPSA) is 55.8 Å². The van der Waals surface area contributed by atoms with E-state index in [-0.39, 0.29) is 6.54 Å². The number of halogens is 1. The van der Waals surface area contributed by atoms with Crippen LogP contribution in [0.5, 0.6) is 0 Å².